The lowest BCUT2D eigenvalue weighted by Crippen LogP contribution is -2.30. The molecule has 0 unspecified atom stereocenters. The molecule has 0 bridgehead atoms. The van der Waals surface area contributed by atoms with Gasteiger partial charge in [0.25, 0.3) is 5.91 Å². The minimum Gasteiger partial charge on any atom is -0.489 e. The van der Waals surface area contributed by atoms with Crippen LogP contribution in [0.5, 0.6) is 5.75 Å². The summed E-state index contributed by atoms with van der Waals surface area (Å²) in [6.45, 7) is 4.27. The fourth-order valence-corrected chi connectivity index (χ4v) is 4.05. The van der Waals surface area contributed by atoms with Crippen molar-refractivity contribution in [2.75, 3.05) is 0 Å². The van der Waals surface area contributed by atoms with Crippen LogP contribution in [0.4, 0.5) is 0 Å². The largest absolute Gasteiger partial charge is 0.489 e. The molecule has 162 valence electrons. The number of amides is 1. The van der Waals surface area contributed by atoms with Crippen molar-refractivity contribution in [3.8, 4) is 5.75 Å². The third kappa shape index (κ3) is 6.63. The molecule has 1 amide bonds. The molecule has 0 radical (unpaired) electrons. The molecule has 0 spiro atoms. The second-order valence-corrected chi connectivity index (χ2v) is 8.99. The van der Waals surface area contributed by atoms with E-state index in [2.05, 4.69) is 15.0 Å². The van der Waals surface area contributed by atoms with Gasteiger partial charge in [-0.15, -0.1) is 0 Å². The van der Waals surface area contributed by atoms with Crippen molar-refractivity contribution in [3.63, 3.8) is 0 Å². The summed E-state index contributed by atoms with van der Waals surface area (Å²) in [5.74, 6) is 0.448. The second kappa shape index (κ2) is 10.2. The summed E-state index contributed by atoms with van der Waals surface area (Å²) in [4.78, 5) is 16.6. The zero-order chi connectivity index (χ0) is 22.3. The van der Waals surface area contributed by atoms with Crippen LogP contribution in [0.2, 0.25) is 0 Å². The van der Waals surface area contributed by atoms with Crippen molar-refractivity contribution in [2.45, 2.75) is 37.9 Å². The number of nitrogens with zero attached hydrogens (tertiary/aromatic N) is 1. The highest BCUT2D eigenvalue weighted by atomic mass is 32.2. The number of rotatable bonds is 9. The van der Waals surface area contributed by atoms with E-state index in [1.54, 1.807) is 26.2 Å². The molecule has 2 aromatic carbocycles. The zero-order valence-electron chi connectivity index (χ0n) is 17.4. The molecule has 3 rings (SSSR count). The molecule has 3 aromatic rings. The first-order valence-corrected chi connectivity index (χ1v) is 11.3. The van der Waals surface area contributed by atoms with Crippen molar-refractivity contribution < 1.29 is 17.9 Å². The topological polar surface area (TPSA) is 97.4 Å². The summed E-state index contributed by atoms with van der Waals surface area (Å²) in [5, 5.41) is 2.83. The van der Waals surface area contributed by atoms with Crippen LogP contribution in [0.15, 0.2) is 78.0 Å². The van der Waals surface area contributed by atoms with Crippen molar-refractivity contribution in [1.29, 1.82) is 0 Å². The Morgan fingerprint density at radius 3 is 2.32 bits per heavy atom. The Balaban J connectivity index is 1.52. The number of aromatic nitrogens is 1. The highest BCUT2D eigenvalue weighted by Gasteiger charge is 2.16. The van der Waals surface area contributed by atoms with Crippen molar-refractivity contribution >= 4 is 15.9 Å². The van der Waals surface area contributed by atoms with Gasteiger partial charge in [-0.2, -0.15) is 0 Å². The molecule has 0 aliphatic heterocycles. The lowest BCUT2D eigenvalue weighted by atomic mass is 10.2. The van der Waals surface area contributed by atoms with Crippen LogP contribution in [0.1, 0.15) is 35.3 Å². The van der Waals surface area contributed by atoms with Crippen LogP contribution < -0.4 is 14.8 Å². The summed E-state index contributed by atoms with van der Waals surface area (Å²) in [5.41, 5.74) is 2.29. The number of carbonyl (C=O) groups is 1. The highest BCUT2D eigenvalue weighted by Crippen LogP contribution is 2.15. The normalized spacial score (nSPS) is 11.3. The summed E-state index contributed by atoms with van der Waals surface area (Å²) < 4.78 is 32.6. The number of nitrogens with one attached hydrogen (secondary N) is 2. The van der Waals surface area contributed by atoms with E-state index in [1.165, 1.54) is 24.3 Å². The van der Waals surface area contributed by atoms with Gasteiger partial charge in [0.1, 0.15) is 12.4 Å². The van der Waals surface area contributed by atoms with E-state index < -0.39 is 10.0 Å². The van der Waals surface area contributed by atoms with E-state index in [1.807, 2.05) is 36.4 Å². The van der Waals surface area contributed by atoms with Crippen molar-refractivity contribution in [1.82, 2.24) is 15.0 Å². The van der Waals surface area contributed by atoms with Crippen molar-refractivity contribution in [3.05, 3.63) is 89.7 Å². The average molecular weight is 440 g/mol. The van der Waals surface area contributed by atoms with Gasteiger partial charge in [0, 0.05) is 36.1 Å². The number of ether oxygens (including phenoxy) is 1. The maximum Gasteiger partial charge on any atom is 0.251 e. The molecule has 31 heavy (non-hydrogen) atoms. The third-order valence-corrected chi connectivity index (χ3v) is 6.00. The van der Waals surface area contributed by atoms with Gasteiger partial charge in [-0.25, -0.2) is 13.1 Å². The Hall–Kier alpha value is -3.23. The zero-order valence-corrected chi connectivity index (χ0v) is 18.2. The Kier molecular flexibility index (Phi) is 7.38. The predicted molar refractivity (Wildman–Crippen MR) is 118 cm³/mol. The third-order valence-electron chi connectivity index (χ3n) is 4.32. The van der Waals surface area contributed by atoms with Crippen LogP contribution in [-0.2, 0) is 23.2 Å². The fraction of sp³-hybridized carbons (Fsp3) is 0.217. The quantitative estimate of drug-likeness (QED) is 0.533. The number of sulfonamides is 1. The van der Waals surface area contributed by atoms with Gasteiger partial charge in [-0.05, 0) is 61.9 Å². The number of pyridine rings is 1. The molecule has 8 heteroatoms. The summed E-state index contributed by atoms with van der Waals surface area (Å²) in [6.07, 6.45) is 3.47. The van der Waals surface area contributed by atoms with Crippen LogP contribution in [0, 0.1) is 0 Å². The molecular formula is C23H25N3O4S. The van der Waals surface area contributed by atoms with Gasteiger partial charge >= 0.3 is 0 Å². The molecule has 1 heterocycles. The van der Waals surface area contributed by atoms with E-state index in [9.17, 15) is 13.2 Å². The van der Waals surface area contributed by atoms with Gasteiger partial charge < -0.3 is 10.1 Å². The summed E-state index contributed by atoms with van der Waals surface area (Å²) in [6, 6.07) is 16.9. The number of carbonyl (C=O) groups excluding carboxylic acids is 1. The SMILES string of the molecule is CC(C)NS(=O)(=O)c1ccc(C(=O)NCc2ccc(OCc3cccnc3)cc2)cc1. The molecule has 2 N–H and O–H groups in total. The number of benzene rings is 2. The second-order valence-electron chi connectivity index (χ2n) is 7.28. The lowest BCUT2D eigenvalue weighted by Gasteiger charge is -2.10. The van der Waals surface area contributed by atoms with E-state index >= 15 is 0 Å². The maximum atomic E-state index is 12.4. The number of hydrogen-bond acceptors (Lipinski definition) is 5. The molecule has 0 aliphatic rings. The van der Waals surface area contributed by atoms with E-state index in [0.717, 1.165) is 16.9 Å². The minimum absolute atomic E-state index is 0.125. The predicted octanol–water partition coefficient (Wildman–Crippen LogP) is 3.28. The van der Waals surface area contributed by atoms with Gasteiger partial charge in [-0.3, -0.25) is 9.78 Å². The van der Waals surface area contributed by atoms with Gasteiger partial charge in [-0.1, -0.05) is 18.2 Å². The van der Waals surface area contributed by atoms with Crippen LogP contribution in [0.25, 0.3) is 0 Å². The average Bonchev–Trinajstić information content (AvgIpc) is 2.77. The van der Waals surface area contributed by atoms with E-state index in [0.29, 0.717) is 18.7 Å². The van der Waals surface area contributed by atoms with Gasteiger partial charge in [0.05, 0.1) is 4.90 Å². The standard InChI is InChI=1S/C23H25N3O4S/c1-17(2)26-31(28,29)22-11-7-20(8-12-22)23(27)25-15-18-5-9-21(10-6-18)30-16-19-4-3-13-24-14-19/h3-14,17,26H,15-16H2,1-2H3,(H,25,27). The van der Waals surface area contributed by atoms with Crippen LogP contribution in [0.3, 0.4) is 0 Å². The smallest absolute Gasteiger partial charge is 0.251 e. The van der Waals surface area contributed by atoms with Crippen molar-refractivity contribution in [2.24, 2.45) is 0 Å². The van der Waals surface area contributed by atoms with E-state index in [4.69, 9.17) is 4.74 Å². The number of hydrogen-bond donors (Lipinski definition) is 2. The Morgan fingerprint density at radius 2 is 1.71 bits per heavy atom. The monoisotopic (exact) mass is 439 g/mol. The lowest BCUT2D eigenvalue weighted by molar-refractivity contribution is 0.0951. The first-order chi connectivity index (χ1) is 14.8. The molecule has 0 saturated carbocycles. The Bertz CT molecular complexity index is 1100. The van der Waals surface area contributed by atoms with Gasteiger partial charge in [0.2, 0.25) is 10.0 Å². The fourth-order valence-electron chi connectivity index (χ4n) is 2.80. The first-order valence-electron chi connectivity index (χ1n) is 9.85. The molecule has 1 aromatic heterocycles. The molecule has 0 saturated heterocycles. The van der Waals surface area contributed by atoms with Gasteiger partial charge in [0.15, 0.2) is 0 Å². The Morgan fingerprint density at radius 1 is 1.00 bits per heavy atom. The summed E-state index contributed by atoms with van der Waals surface area (Å²) >= 11 is 0. The highest BCUT2D eigenvalue weighted by molar-refractivity contribution is 7.89. The maximum absolute atomic E-state index is 12.4. The summed E-state index contributed by atoms with van der Waals surface area (Å²) in [7, 11) is -3.58. The molecule has 0 atom stereocenters. The molecule has 0 aliphatic carbocycles. The molecule has 7 nitrogen and oxygen atoms in total. The molecular weight excluding hydrogens is 414 g/mol. The first kappa shape index (κ1) is 22.5. The van der Waals surface area contributed by atoms with Crippen LogP contribution >= 0.6 is 0 Å². The molecule has 0 fully saturated rings. The minimum atomic E-state index is -3.58. The Labute approximate surface area is 182 Å². The van der Waals surface area contributed by atoms with Crippen LogP contribution in [-0.4, -0.2) is 25.4 Å². The van der Waals surface area contributed by atoms with E-state index in [-0.39, 0.29) is 16.8 Å².